The predicted molar refractivity (Wildman–Crippen MR) is 123 cm³/mol. The molecule has 0 saturated heterocycles. The summed E-state index contributed by atoms with van der Waals surface area (Å²) in [6.45, 7) is 4.23. The molecule has 0 aromatic heterocycles. The average Bonchev–Trinajstić information content (AvgIpc) is 2.70. The molecule has 0 aliphatic carbocycles. The summed E-state index contributed by atoms with van der Waals surface area (Å²) >= 11 is 7.66. The van der Waals surface area contributed by atoms with E-state index in [2.05, 4.69) is 27.6 Å². The number of guanidine groups is 1. The van der Waals surface area contributed by atoms with Crippen molar-refractivity contribution in [2.24, 2.45) is 4.99 Å². The second-order valence-corrected chi connectivity index (χ2v) is 8.36. The number of hydrogen-bond donors (Lipinski definition) is 2. The number of rotatable bonds is 13. The number of amides is 1. The van der Waals surface area contributed by atoms with E-state index in [4.69, 9.17) is 16.3 Å². The van der Waals surface area contributed by atoms with Crippen LogP contribution in [0.1, 0.15) is 6.42 Å². The van der Waals surface area contributed by atoms with E-state index in [1.165, 1.54) is 4.90 Å². The highest BCUT2D eigenvalue weighted by Crippen LogP contribution is 2.19. The van der Waals surface area contributed by atoms with Crippen molar-refractivity contribution in [3.05, 3.63) is 29.3 Å². The fraction of sp³-hybridized carbons (Fsp3) is 0.600. The lowest BCUT2D eigenvalue weighted by Gasteiger charge is -2.18. The van der Waals surface area contributed by atoms with Crippen molar-refractivity contribution in [2.75, 3.05) is 73.3 Å². The molecule has 0 fully saturated rings. The van der Waals surface area contributed by atoms with Crippen molar-refractivity contribution in [3.63, 3.8) is 0 Å². The van der Waals surface area contributed by atoms with E-state index in [1.54, 1.807) is 37.9 Å². The molecule has 0 aliphatic heterocycles. The number of nitrogens with zero attached hydrogens (tertiary/aromatic N) is 3. The molecule has 0 spiro atoms. The van der Waals surface area contributed by atoms with Crippen molar-refractivity contribution in [2.45, 2.75) is 11.3 Å². The number of methoxy groups -OCH3 is 1. The SMILES string of the molecule is COCCCN(C)CCNC(=NCC(=O)N(C)C)NCCSc1ccc(Cl)cc1. The first-order chi connectivity index (χ1) is 13.9. The van der Waals surface area contributed by atoms with Crippen LogP contribution < -0.4 is 10.6 Å². The van der Waals surface area contributed by atoms with E-state index in [0.717, 1.165) is 50.0 Å². The van der Waals surface area contributed by atoms with E-state index in [0.29, 0.717) is 5.96 Å². The largest absolute Gasteiger partial charge is 0.385 e. The minimum absolute atomic E-state index is 0.0293. The Morgan fingerprint density at radius 1 is 1.14 bits per heavy atom. The highest BCUT2D eigenvalue weighted by atomic mass is 35.5. The molecule has 0 bridgehead atoms. The summed E-state index contributed by atoms with van der Waals surface area (Å²) in [7, 11) is 7.27. The molecule has 1 amide bonds. The molecule has 2 N–H and O–H groups in total. The molecule has 0 aliphatic rings. The van der Waals surface area contributed by atoms with Crippen molar-refractivity contribution in [1.82, 2.24) is 20.4 Å². The summed E-state index contributed by atoms with van der Waals surface area (Å²) in [6.07, 6.45) is 1.01. The van der Waals surface area contributed by atoms with Crippen LogP contribution in [-0.4, -0.2) is 95.0 Å². The van der Waals surface area contributed by atoms with Crippen molar-refractivity contribution >= 4 is 35.2 Å². The Bertz CT molecular complexity index is 613. The minimum atomic E-state index is -0.0293. The van der Waals surface area contributed by atoms with Crippen LogP contribution in [0, 0.1) is 0 Å². The number of aliphatic imine (C=N–C) groups is 1. The summed E-state index contributed by atoms with van der Waals surface area (Å²) < 4.78 is 5.09. The molecule has 0 heterocycles. The fourth-order valence-electron chi connectivity index (χ4n) is 2.29. The van der Waals surface area contributed by atoms with Crippen LogP contribution in [0.5, 0.6) is 0 Å². The summed E-state index contributed by atoms with van der Waals surface area (Å²) in [6, 6.07) is 7.80. The number of carbonyl (C=O) groups is 1. The van der Waals surface area contributed by atoms with E-state index in [1.807, 2.05) is 24.3 Å². The standard InChI is InChI=1S/C20H34ClN5O2S/c1-25(2)19(27)16-24-20(22-10-13-26(3)12-5-14-28-4)23-11-15-29-18-8-6-17(21)7-9-18/h6-9H,5,10-16H2,1-4H3,(H2,22,23,24). The summed E-state index contributed by atoms with van der Waals surface area (Å²) in [5.74, 6) is 1.50. The number of likely N-dealkylation sites (N-methyl/N-ethyl adjacent to an activating group) is 2. The number of carbonyl (C=O) groups excluding carboxylic acids is 1. The van der Waals surface area contributed by atoms with Gasteiger partial charge in [0.1, 0.15) is 6.54 Å². The molecule has 164 valence electrons. The van der Waals surface area contributed by atoms with Crippen LogP contribution in [0.4, 0.5) is 0 Å². The first kappa shape index (κ1) is 25.6. The van der Waals surface area contributed by atoms with E-state index < -0.39 is 0 Å². The fourth-order valence-corrected chi connectivity index (χ4v) is 3.18. The second kappa shape index (κ2) is 15.4. The number of hydrogen-bond acceptors (Lipinski definition) is 5. The molecule has 1 rings (SSSR count). The number of halogens is 1. The van der Waals surface area contributed by atoms with Gasteiger partial charge in [-0.1, -0.05) is 11.6 Å². The van der Waals surface area contributed by atoms with Crippen molar-refractivity contribution in [1.29, 1.82) is 0 Å². The Labute approximate surface area is 184 Å². The second-order valence-electron chi connectivity index (χ2n) is 6.76. The van der Waals surface area contributed by atoms with Gasteiger partial charge in [0.15, 0.2) is 5.96 Å². The molecule has 0 unspecified atom stereocenters. The maximum Gasteiger partial charge on any atom is 0.243 e. The molecule has 9 heteroatoms. The maximum atomic E-state index is 11.8. The molecule has 1 aromatic carbocycles. The molecule has 0 atom stereocenters. The van der Waals surface area contributed by atoms with Crippen LogP contribution in [0.15, 0.2) is 34.2 Å². The Morgan fingerprint density at radius 2 is 1.83 bits per heavy atom. The van der Waals surface area contributed by atoms with Gasteiger partial charge in [0, 0.05) is 69.7 Å². The average molecular weight is 444 g/mol. The van der Waals surface area contributed by atoms with Gasteiger partial charge in [-0.15, -0.1) is 11.8 Å². The minimum Gasteiger partial charge on any atom is -0.385 e. The van der Waals surface area contributed by atoms with Crippen LogP contribution in [-0.2, 0) is 9.53 Å². The summed E-state index contributed by atoms with van der Waals surface area (Å²) in [4.78, 5) is 21.2. The zero-order chi connectivity index (χ0) is 21.5. The number of thioether (sulfide) groups is 1. The molecular formula is C20H34ClN5O2S. The third-order valence-electron chi connectivity index (χ3n) is 4.02. The van der Waals surface area contributed by atoms with Crippen LogP contribution >= 0.6 is 23.4 Å². The topological polar surface area (TPSA) is 69.2 Å². The van der Waals surface area contributed by atoms with Gasteiger partial charge >= 0.3 is 0 Å². The van der Waals surface area contributed by atoms with Gasteiger partial charge in [-0.25, -0.2) is 4.99 Å². The summed E-state index contributed by atoms with van der Waals surface area (Å²) in [5.41, 5.74) is 0. The quantitative estimate of drug-likeness (QED) is 0.210. The van der Waals surface area contributed by atoms with E-state index in [-0.39, 0.29) is 12.5 Å². The van der Waals surface area contributed by atoms with Crippen molar-refractivity contribution < 1.29 is 9.53 Å². The number of nitrogens with one attached hydrogen (secondary N) is 2. The van der Waals surface area contributed by atoms with Crippen LogP contribution in [0.25, 0.3) is 0 Å². The first-order valence-electron chi connectivity index (χ1n) is 9.70. The lowest BCUT2D eigenvalue weighted by atomic mass is 10.4. The van der Waals surface area contributed by atoms with E-state index >= 15 is 0 Å². The van der Waals surface area contributed by atoms with Gasteiger partial charge in [0.05, 0.1) is 0 Å². The van der Waals surface area contributed by atoms with Gasteiger partial charge in [-0.05, 0) is 37.7 Å². The third kappa shape index (κ3) is 12.6. The van der Waals surface area contributed by atoms with Gasteiger partial charge in [-0.2, -0.15) is 0 Å². The van der Waals surface area contributed by atoms with E-state index in [9.17, 15) is 4.79 Å². The highest BCUT2D eigenvalue weighted by molar-refractivity contribution is 7.99. The Hall–Kier alpha value is -1.48. The summed E-state index contributed by atoms with van der Waals surface area (Å²) in [5, 5.41) is 7.35. The third-order valence-corrected chi connectivity index (χ3v) is 5.29. The Balaban J connectivity index is 2.42. The predicted octanol–water partition coefficient (Wildman–Crippen LogP) is 2.02. The Morgan fingerprint density at radius 3 is 2.48 bits per heavy atom. The van der Waals surface area contributed by atoms with Crippen molar-refractivity contribution in [3.8, 4) is 0 Å². The zero-order valence-electron chi connectivity index (χ0n) is 17.9. The highest BCUT2D eigenvalue weighted by Gasteiger charge is 2.05. The van der Waals surface area contributed by atoms with Gasteiger partial charge < -0.3 is 25.2 Å². The maximum absolute atomic E-state index is 11.8. The normalized spacial score (nSPS) is 11.6. The molecule has 0 radical (unpaired) electrons. The molecule has 29 heavy (non-hydrogen) atoms. The Kier molecular flexibility index (Phi) is 13.5. The molecule has 7 nitrogen and oxygen atoms in total. The van der Waals surface area contributed by atoms with Crippen LogP contribution in [0.2, 0.25) is 5.02 Å². The number of ether oxygens (including phenoxy) is 1. The number of benzene rings is 1. The lowest BCUT2D eigenvalue weighted by molar-refractivity contribution is -0.127. The van der Waals surface area contributed by atoms with Crippen LogP contribution in [0.3, 0.4) is 0 Å². The monoisotopic (exact) mass is 443 g/mol. The van der Waals surface area contributed by atoms with Gasteiger partial charge in [0.2, 0.25) is 5.91 Å². The lowest BCUT2D eigenvalue weighted by Crippen LogP contribution is -2.42. The first-order valence-corrected chi connectivity index (χ1v) is 11.1. The molecular weight excluding hydrogens is 410 g/mol. The molecule has 1 aromatic rings. The smallest absolute Gasteiger partial charge is 0.243 e. The zero-order valence-corrected chi connectivity index (χ0v) is 19.5. The van der Waals surface area contributed by atoms with Gasteiger partial charge in [-0.3, -0.25) is 4.79 Å². The molecule has 0 saturated carbocycles. The van der Waals surface area contributed by atoms with Gasteiger partial charge in [0.25, 0.3) is 0 Å².